The van der Waals surface area contributed by atoms with E-state index < -0.39 is 11.6 Å². The molecule has 0 N–H and O–H groups in total. The highest BCUT2D eigenvalue weighted by Gasteiger charge is 2.27. The average molecular weight is 347 g/mol. The summed E-state index contributed by atoms with van der Waals surface area (Å²) in [5.41, 5.74) is 2.45. The monoisotopic (exact) mass is 347 g/mol. The van der Waals surface area contributed by atoms with Gasteiger partial charge in [-0.15, -0.1) is 11.8 Å². The highest BCUT2D eigenvalue weighted by molar-refractivity contribution is 7.99. The number of amides is 1. The molecule has 5 heteroatoms. The number of carbonyl (C=O) groups excluding carboxylic acids is 1. The minimum atomic E-state index is -0.849. The van der Waals surface area contributed by atoms with Crippen LogP contribution in [-0.2, 0) is 17.0 Å². The van der Waals surface area contributed by atoms with Gasteiger partial charge in [-0.3, -0.25) is 4.79 Å². The molecule has 0 saturated carbocycles. The summed E-state index contributed by atoms with van der Waals surface area (Å²) in [5.74, 6) is -1.14. The lowest BCUT2D eigenvalue weighted by Gasteiger charge is -2.35. The van der Waals surface area contributed by atoms with Gasteiger partial charge in [-0.25, -0.2) is 8.78 Å². The fourth-order valence-electron chi connectivity index (χ4n) is 3.05. The second-order valence-corrected chi connectivity index (χ2v) is 6.97. The van der Waals surface area contributed by atoms with Crippen LogP contribution < -0.4 is 4.90 Å². The molecule has 1 aliphatic heterocycles. The van der Waals surface area contributed by atoms with Crippen molar-refractivity contribution in [2.24, 2.45) is 0 Å². The van der Waals surface area contributed by atoms with Crippen LogP contribution in [0.4, 0.5) is 14.5 Å². The molecule has 2 aromatic carbocycles. The molecule has 3 rings (SSSR count). The lowest BCUT2D eigenvalue weighted by Crippen LogP contribution is -2.43. The lowest BCUT2D eigenvalue weighted by atomic mass is 9.97. The first-order chi connectivity index (χ1) is 11.6. The smallest absolute Gasteiger partial charge is 0.237 e. The van der Waals surface area contributed by atoms with Crippen LogP contribution in [0.1, 0.15) is 24.5 Å². The van der Waals surface area contributed by atoms with Crippen LogP contribution in [0.5, 0.6) is 0 Å². The highest BCUT2D eigenvalue weighted by atomic mass is 32.2. The molecule has 2 aromatic rings. The van der Waals surface area contributed by atoms with Gasteiger partial charge < -0.3 is 4.90 Å². The molecule has 0 spiro atoms. The van der Waals surface area contributed by atoms with Crippen molar-refractivity contribution in [1.29, 1.82) is 0 Å². The van der Waals surface area contributed by atoms with Crippen molar-refractivity contribution in [2.75, 3.05) is 10.7 Å². The summed E-state index contributed by atoms with van der Waals surface area (Å²) in [5, 5.41) is 0. The fourth-order valence-corrected chi connectivity index (χ4v) is 3.90. The number of thioether (sulfide) groups is 1. The van der Waals surface area contributed by atoms with E-state index in [9.17, 15) is 13.6 Å². The van der Waals surface area contributed by atoms with Crippen molar-refractivity contribution in [3.05, 3.63) is 65.2 Å². The second kappa shape index (κ2) is 7.34. The first kappa shape index (κ1) is 17.0. The van der Waals surface area contributed by atoms with Gasteiger partial charge in [0.05, 0.1) is 5.75 Å². The molecule has 1 atom stereocenters. The molecule has 1 aliphatic rings. The number of aryl methyl sites for hydroxylation is 1. The van der Waals surface area contributed by atoms with Gasteiger partial charge in [0.2, 0.25) is 5.91 Å². The van der Waals surface area contributed by atoms with E-state index in [1.165, 1.54) is 23.4 Å². The van der Waals surface area contributed by atoms with Crippen molar-refractivity contribution < 1.29 is 13.6 Å². The summed E-state index contributed by atoms with van der Waals surface area (Å²) < 4.78 is 26.9. The lowest BCUT2D eigenvalue weighted by molar-refractivity contribution is -0.116. The summed E-state index contributed by atoms with van der Waals surface area (Å²) in [4.78, 5) is 14.5. The van der Waals surface area contributed by atoms with Crippen LogP contribution in [0.3, 0.4) is 0 Å². The number of anilines is 1. The van der Waals surface area contributed by atoms with Crippen LogP contribution >= 0.6 is 11.8 Å². The number of hydrogen-bond acceptors (Lipinski definition) is 2. The number of rotatable bonds is 4. The molecular formula is C19H19F2NOS. The summed E-state index contributed by atoms with van der Waals surface area (Å²) in [6.07, 6.45) is 1.91. The Morgan fingerprint density at radius 1 is 1.21 bits per heavy atom. The molecule has 24 heavy (non-hydrogen) atoms. The predicted molar refractivity (Wildman–Crippen MR) is 94.2 cm³/mol. The van der Waals surface area contributed by atoms with E-state index >= 15 is 0 Å². The third-order valence-corrected chi connectivity index (χ3v) is 5.27. The van der Waals surface area contributed by atoms with Gasteiger partial charge in [-0.1, -0.05) is 30.3 Å². The zero-order valence-corrected chi connectivity index (χ0v) is 14.3. The minimum Gasteiger partial charge on any atom is -0.309 e. The number of para-hydroxylation sites is 1. The Morgan fingerprint density at radius 2 is 2.00 bits per heavy atom. The van der Waals surface area contributed by atoms with Crippen LogP contribution in [0.25, 0.3) is 0 Å². The quantitative estimate of drug-likeness (QED) is 0.808. The molecule has 1 unspecified atom stereocenters. The number of nitrogens with zero attached hydrogens (tertiary/aromatic N) is 1. The zero-order valence-electron chi connectivity index (χ0n) is 13.5. The van der Waals surface area contributed by atoms with E-state index in [-0.39, 0.29) is 23.5 Å². The third-order valence-electron chi connectivity index (χ3n) is 4.31. The van der Waals surface area contributed by atoms with Gasteiger partial charge in [-0.2, -0.15) is 0 Å². The van der Waals surface area contributed by atoms with Gasteiger partial charge in [-0.05, 0) is 37.5 Å². The topological polar surface area (TPSA) is 20.3 Å². The maximum Gasteiger partial charge on any atom is 0.237 e. The normalized spacial score (nSPS) is 16.8. The Labute approximate surface area is 144 Å². The molecule has 2 nitrogen and oxygen atoms in total. The predicted octanol–water partition coefficient (Wildman–Crippen LogP) is 4.57. The molecule has 1 amide bonds. The van der Waals surface area contributed by atoms with E-state index in [1.54, 1.807) is 6.07 Å². The molecule has 0 aliphatic carbocycles. The zero-order chi connectivity index (χ0) is 17.1. The SMILES string of the molecule is CC1CCc2ccccc2N1C(=O)CSCc1cccc(F)c1F. The molecule has 0 fully saturated rings. The molecule has 0 bridgehead atoms. The summed E-state index contributed by atoms with van der Waals surface area (Å²) in [6, 6.07) is 12.2. The van der Waals surface area contributed by atoms with Crippen molar-refractivity contribution in [3.8, 4) is 0 Å². The van der Waals surface area contributed by atoms with Crippen LogP contribution in [-0.4, -0.2) is 17.7 Å². The Kier molecular flexibility index (Phi) is 5.19. The summed E-state index contributed by atoms with van der Waals surface area (Å²) in [7, 11) is 0. The maximum absolute atomic E-state index is 13.7. The van der Waals surface area contributed by atoms with Gasteiger partial charge in [0, 0.05) is 23.0 Å². The molecule has 0 aromatic heterocycles. The maximum atomic E-state index is 13.7. The molecule has 1 heterocycles. The Morgan fingerprint density at radius 3 is 2.83 bits per heavy atom. The molecule has 0 radical (unpaired) electrons. The van der Waals surface area contributed by atoms with Crippen LogP contribution in [0, 0.1) is 11.6 Å². The van der Waals surface area contributed by atoms with Crippen molar-refractivity contribution in [1.82, 2.24) is 0 Å². The average Bonchev–Trinajstić information content (AvgIpc) is 2.58. The standard InChI is InChI=1S/C19H19F2NOS/c1-13-9-10-14-5-2-3-8-17(14)22(13)18(23)12-24-11-15-6-4-7-16(20)19(15)21/h2-8,13H,9-12H2,1H3. The van der Waals surface area contributed by atoms with Gasteiger partial charge in [0.15, 0.2) is 11.6 Å². The summed E-state index contributed by atoms with van der Waals surface area (Å²) in [6.45, 7) is 2.05. The van der Waals surface area contributed by atoms with Gasteiger partial charge >= 0.3 is 0 Å². The Hall–Kier alpha value is -1.88. The van der Waals surface area contributed by atoms with E-state index in [0.717, 1.165) is 24.6 Å². The second-order valence-electron chi connectivity index (χ2n) is 5.99. The molecule has 126 valence electrons. The third kappa shape index (κ3) is 3.46. The Balaban J connectivity index is 1.66. The number of halogens is 2. The van der Waals surface area contributed by atoms with E-state index in [2.05, 4.69) is 6.07 Å². The first-order valence-electron chi connectivity index (χ1n) is 7.98. The number of fused-ring (bicyclic) bond motifs is 1. The van der Waals surface area contributed by atoms with Gasteiger partial charge in [0.1, 0.15) is 0 Å². The van der Waals surface area contributed by atoms with Crippen LogP contribution in [0.2, 0.25) is 0 Å². The minimum absolute atomic E-state index is 0.0106. The van der Waals surface area contributed by atoms with E-state index in [4.69, 9.17) is 0 Å². The number of hydrogen-bond donors (Lipinski definition) is 0. The van der Waals surface area contributed by atoms with Crippen LogP contribution in [0.15, 0.2) is 42.5 Å². The highest BCUT2D eigenvalue weighted by Crippen LogP contribution is 2.31. The fraction of sp³-hybridized carbons (Fsp3) is 0.316. The number of benzene rings is 2. The van der Waals surface area contributed by atoms with Crippen molar-refractivity contribution in [3.63, 3.8) is 0 Å². The van der Waals surface area contributed by atoms with E-state index in [1.807, 2.05) is 30.0 Å². The Bertz CT molecular complexity index is 750. The summed E-state index contributed by atoms with van der Waals surface area (Å²) >= 11 is 1.31. The number of carbonyl (C=O) groups is 1. The van der Waals surface area contributed by atoms with Gasteiger partial charge in [0.25, 0.3) is 0 Å². The largest absolute Gasteiger partial charge is 0.309 e. The molecular weight excluding hydrogens is 328 g/mol. The van der Waals surface area contributed by atoms with E-state index in [0.29, 0.717) is 5.56 Å². The molecule has 0 saturated heterocycles. The first-order valence-corrected chi connectivity index (χ1v) is 9.14. The van der Waals surface area contributed by atoms with Crippen molar-refractivity contribution in [2.45, 2.75) is 31.6 Å². The van der Waals surface area contributed by atoms with Crippen molar-refractivity contribution >= 4 is 23.4 Å².